The first-order chi connectivity index (χ1) is 21.4. The monoisotopic (exact) mass is 618 g/mol. The topological polar surface area (TPSA) is 72.8 Å². The SMILES string of the molecule is C=C(C[C@H](O)C(=O)O[C@H]1CC[C@@]2(C)C(=CC[C@H]3[C@@H]4CC[C@H]([C@H](C)CCCC(C)C)[C@@]4(C)CC[C@@H]32)C1)C(=O)OCc1ccccc1. The number of esters is 2. The van der Waals surface area contributed by atoms with Crippen LogP contribution in [0, 0.1) is 46.3 Å². The number of rotatable bonds is 12. The molecule has 45 heavy (non-hydrogen) atoms. The number of hydrogen-bond acceptors (Lipinski definition) is 5. The summed E-state index contributed by atoms with van der Waals surface area (Å²) in [5, 5.41) is 10.6. The van der Waals surface area contributed by atoms with Crippen molar-refractivity contribution in [3.63, 3.8) is 0 Å². The Balaban J connectivity index is 1.13. The highest BCUT2D eigenvalue weighted by atomic mass is 16.6. The van der Waals surface area contributed by atoms with Crippen LogP contribution in [0.1, 0.15) is 117 Å². The molecule has 4 aliphatic carbocycles. The number of aliphatic hydroxyl groups excluding tert-OH is 1. The van der Waals surface area contributed by atoms with Gasteiger partial charge in [0.05, 0.1) is 0 Å². The highest BCUT2D eigenvalue weighted by molar-refractivity contribution is 5.89. The number of hydrogen-bond donors (Lipinski definition) is 1. The standard InChI is InChI=1S/C40H58O5/c1-26(2)11-10-12-27(3)33-17-18-34-32-16-15-30-24-31(19-21-39(30,5)35(32)20-22-40(33,34)6)45-38(43)36(41)23-28(4)37(42)44-25-29-13-8-7-9-14-29/h7-9,13-15,26-27,31-36,41H,4,10-12,16-25H2,1-3,5-6H3/t27-,31+,32+,33-,34+,35+,36+,39+,40-/m1/s1. The Morgan fingerprint density at radius 1 is 1.00 bits per heavy atom. The molecule has 1 aromatic carbocycles. The van der Waals surface area contributed by atoms with Crippen molar-refractivity contribution in [2.75, 3.05) is 0 Å². The fourth-order valence-electron chi connectivity index (χ4n) is 10.2. The normalized spacial score (nSPS) is 33.7. The van der Waals surface area contributed by atoms with Crippen molar-refractivity contribution in [3.05, 3.63) is 59.7 Å². The lowest BCUT2D eigenvalue weighted by atomic mass is 9.47. The van der Waals surface area contributed by atoms with Gasteiger partial charge in [0.1, 0.15) is 12.7 Å². The molecule has 0 radical (unpaired) electrons. The maximum absolute atomic E-state index is 12.9. The molecule has 0 bridgehead atoms. The van der Waals surface area contributed by atoms with E-state index in [0.717, 1.165) is 60.8 Å². The molecule has 0 aromatic heterocycles. The van der Waals surface area contributed by atoms with Gasteiger partial charge in [-0.2, -0.15) is 0 Å². The van der Waals surface area contributed by atoms with Crippen LogP contribution in [-0.2, 0) is 25.7 Å². The van der Waals surface area contributed by atoms with Gasteiger partial charge in [-0.3, -0.25) is 0 Å². The number of carbonyl (C=O) groups is 2. The molecule has 0 amide bonds. The zero-order valence-electron chi connectivity index (χ0n) is 28.6. The predicted octanol–water partition coefficient (Wildman–Crippen LogP) is 8.99. The number of carbonyl (C=O) groups excluding carboxylic acids is 2. The molecule has 1 aromatic rings. The van der Waals surface area contributed by atoms with Gasteiger partial charge < -0.3 is 14.6 Å². The van der Waals surface area contributed by atoms with Gasteiger partial charge in [-0.25, -0.2) is 9.59 Å². The van der Waals surface area contributed by atoms with Crippen molar-refractivity contribution < 1.29 is 24.2 Å². The van der Waals surface area contributed by atoms with E-state index in [-0.39, 0.29) is 30.1 Å². The van der Waals surface area contributed by atoms with Crippen LogP contribution >= 0.6 is 0 Å². The summed E-state index contributed by atoms with van der Waals surface area (Å²) in [5.74, 6) is 3.48. The lowest BCUT2D eigenvalue weighted by Gasteiger charge is -2.58. The Morgan fingerprint density at radius 3 is 2.49 bits per heavy atom. The van der Waals surface area contributed by atoms with E-state index >= 15 is 0 Å². The predicted molar refractivity (Wildman–Crippen MR) is 179 cm³/mol. The maximum atomic E-state index is 12.9. The summed E-state index contributed by atoms with van der Waals surface area (Å²) in [7, 11) is 0. The van der Waals surface area contributed by atoms with E-state index in [1.165, 1.54) is 50.5 Å². The van der Waals surface area contributed by atoms with Crippen LogP contribution < -0.4 is 0 Å². The number of fused-ring (bicyclic) bond motifs is 5. The lowest BCUT2D eigenvalue weighted by Crippen LogP contribution is -2.51. The second-order valence-corrected chi connectivity index (χ2v) is 16.0. The van der Waals surface area contributed by atoms with Crippen molar-refractivity contribution in [3.8, 4) is 0 Å². The van der Waals surface area contributed by atoms with Crippen LogP contribution in [0.5, 0.6) is 0 Å². The third-order valence-electron chi connectivity index (χ3n) is 12.8. The Morgan fingerprint density at radius 2 is 1.76 bits per heavy atom. The largest absolute Gasteiger partial charge is 0.460 e. The van der Waals surface area contributed by atoms with Crippen LogP contribution in [0.4, 0.5) is 0 Å². The van der Waals surface area contributed by atoms with Crippen molar-refractivity contribution >= 4 is 11.9 Å². The van der Waals surface area contributed by atoms with Gasteiger partial charge >= 0.3 is 11.9 Å². The van der Waals surface area contributed by atoms with Gasteiger partial charge in [0.2, 0.25) is 0 Å². The minimum absolute atomic E-state index is 0.0658. The second kappa shape index (κ2) is 14.2. The van der Waals surface area contributed by atoms with E-state index in [9.17, 15) is 14.7 Å². The number of aliphatic hydroxyl groups is 1. The van der Waals surface area contributed by atoms with Crippen LogP contribution in [0.2, 0.25) is 0 Å². The van der Waals surface area contributed by atoms with Crippen LogP contribution in [-0.4, -0.2) is 29.3 Å². The van der Waals surface area contributed by atoms with Gasteiger partial charge in [0, 0.05) is 18.4 Å². The number of allylic oxidation sites excluding steroid dienone is 1. The average Bonchev–Trinajstić information content (AvgIpc) is 3.37. The molecule has 0 aliphatic heterocycles. The number of ether oxygens (including phenoxy) is 2. The van der Waals surface area contributed by atoms with Crippen LogP contribution in [0.3, 0.4) is 0 Å². The van der Waals surface area contributed by atoms with Gasteiger partial charge in [0.25, 0.3) is 0 Å². The first-order valence-electron chi connectivity index (χ1n) is 17.9. The molecule has 248 valence electrons. The molecule has 0 saturated heterocycles. The average molecular weight is 619 g/mol. The molecule has 9 atom stereocenters. The van der Waals surface area contributed by atoms with Crippen molar-refractivity contribution in [2.24, 2.45) is 46.3 Å². The van der Waals surface area contributed by atoms with E-state index in [1.54, 1.807) is 0 Å². The Kier molecular flexibility index (Phi) is 10.7. The van der Waals surface area contributed by atoms with Crippen LogP contribution in [0.15, 0.2) is 54.1 Å². The first kappa shape index (κ1) is 33.9. The van der Waals surface area contributed by atoms with Gasteiger partial charge in [0.15, 0.2) is 6.10 Å². The zero-order valence-corrected chi connectivity index (χ0v) is 28.6. The van der Waals surface area contributed by atoms with E-state index in [0.29, 0.717) is 11.3 Å². The van der Waals surface area contributed by atoms with Gasteiger partial charge in [-0.05, 0) is 96.8 Å². The molecule has 3 fully saturated rings. The molecule has 0 unspecified atom stereocenters. The fraction of sp³-hybridized carbons (Fsp3) is 0.700. The summed E-state index contributed by atoms with van der Waals surface area (Å²) in [6.07, 6.45) is 13.9. The van der Waals surface area contributed by atoms with Gasteiger partial charge in [-0.1, -0.05) is 102 Å². The summed E-state index contributed by atoms with van der Waals surface area (Å²) < 4.78 is 11.1. The molecule has 3 saturated carbocycles. The molecule has 0 spiro atoms. The minimum Gasteiger partial charge on any atom is -0.460 e. The molecule has 0 heterocycles. The summed E-state index contributed by atoms with van der Waals surface area (Å²) in [6, 6.07) is 9.38. The Bertz CT molecular complexity index is 1230. The molecular formula is C40H58O5. The first-order valence-corrected chi connectivity index (χ1v) is 17.9. The van der Waals surface area contributed by atoms with Gasteiger partial charge in [-0.15, -0.1) is 0 Å². The van der Waals surface area contributed by atoms with Crippen molar-refractivity contribution in [1.29, 1.82) is 0 Å². The molecule has 4 aliphatic rings. The van der Waals surface area contributed by atoms with Crippen molar-refractivity contribution in [2.45, 2.75) is 130 Å². The minimum atomic E-state index is -1.43. The zero-order chi connectivity index (χ0) is 32.4. The number of benzene rings is 1. The quantitative estimate of drug-likeness (QED) is 0.144. The molecule has 1 N–H and O–H groups in total. The van der Waals surface area contributed by atoms with E-state index in [1.807, 2.05) is 30.3 Å². The maximum Gasteiger partial charge on any atom is 0.335 e. The van der Waals surface area contributed by atoms with E-state index in [2.05, 4.69) is 47.3 Å². The molecule has 5 heteroatoms. The highest BCUT2D eigenvalue weighted by Gasteiger charge is 2.59. The smallest absolute Gasteiger partial charge is 0.335 e. The van der Waals surface area contributed by atoms with Crippen molar-refractivity contribution in [1.82, 2.24) is 0 Å². The van der Waals surface area contributed by atoms with E-state index in [4.69, 9.17) is 9.47 Å². The Labute approximate surface area is 272 Å². The molecule has 5 nitrogen and oxygen atoms in total. The summed E-state index contributed by atoms with van der Waals surface area (Å²) in [6.45, 7) is 16.2. The fourth-order valence-corrected chi connectivity index (χ4v) is 10.2. The third kappa shape index (κ3) is 7.29. The Hall–Kier alpha value is -2.40. The molecule has 5 rings (SSSR count). The van der Waals surface area contributed by atoms with Crippen LogP contribution in [0.25, 0.3) is 0 Å². The van der Waals surface area contributed by atoms with E-state index < -0.39 is 18.0 Å². The summed E-state index contributed by atoms with van der Waals surface area (Å²) >= 11 is 0. The lowest BCUT2D eigenvalue weighted by molar-refractivity contribution is -0.161. The summed E-state index contributed by atoms with van der Waals surface area (Å²) in [5.41, 5.74) is 3.03. The molecular weight excluding hydrogens is 560 g/mol. The third-order valence-corrected chi connectivity index (χ3v) is 12.8. The summed E-state index contributed by atoms with van der Waals surface area (Å²) in [4.78, 5) is 25.3. The highest BCUT2D eigenvalue weighted by Crippen LogP contribution is 2.67. The second-order valence-electron chi connectivity index (χ2n) is 16.0.